The van der Waals surface area contributed by atoms with Crippen molar-refractivity contribution in [3.8, 4) is 0 Å². The molecule has 0 bridgehead atoms. The average molecular weight is 503 g/mol. The normalized spacial score (nSPS) is 24.8. The summed E-state index contributed by atoms with van der Waals surface area (Å²) in [5.74, 6) is -0.106. The quantitative estimate of drug-likeness (QED) is 0.378. The molecule has 2 aromatic rings. The van der Waals surface area contributed by atoms with E-state index in [1.165, 1.54) is 17.8 Å². The number of hydrogen-bond acceptors (Lipinski definition) is 11. The molecule has 1 saturated heterocycles. The summed E-state index contributed by atoms with van der Waals surface area (Å²) in [6.45, 7) is 5.44. The number of hydrogen-bond donors (Lipinski definition) is 2. The summed E-state index contributed by atoms with van der Waals surface area (Å²) in [6.07, 6.45) is -1.58. The first-order chi connectivity index (χ1) is 15.9. The Morgan fingerprint density at radius 2 is 2.12 bits per heavy atom. The van der Waals surface area contributed by atoms with Gasteiger partial charge in [0.1, 0.15) is 18.8 Å². The minimum atomic E-state index is -3.82. The van der Waals surface area contributed by atoms with Crippen LogP contribution in [0.25, 0.3) is 11.2 Å². The van der Waals surface area contributed by atoms with Gasteiger partial charge < -0.3 is 20.1 Å². The summed E-state index contributed by atoms with van der Waals surface area (Å²) in [5.41, 5.74) is 6.55. The summed E-state index contributed by atoms with van der Waals surface area (Å²) in [5, 5.41) is 2.55. The third-order valence-electron chi connectivity index (χ3n) is 4.91. The molecule has 0 aliphatic carbocycles. The highest BCUT2D eigenvalue weighted by Gasteiger charge is 2.41. The molecular weight excluding hydrogens is 472 g/mol. The van der Waals surface area contributed by atoms with Crippen LogP contribution in [0.4, 0.5) is 16.2 Å². The van der Waals surface area contributed by atoms with E-state index >= 15 is 0 Å². The van der Waals surface area contributed by atoms with E-state index in [0.29, 0.717) is 17.0 Å². The number of nitrogens with two attached hydrogens (primary N) is 1. The highest BCUT2D eigenvalue weighted by atomic mass is 31.2. The Morgan fingerprint density at radius 3 is 2.71 bits per heavy atom. The van der Waals surface area contributed by atoms with Crippen molar-refractivity contribution >= 4 is 36.6 Å². The average Bonchev–Trinajstić information content (AvgIpc) is 3.15. The van der Waals surface area contributed by atoms with Gasteiger partial charge in [-0.05, 0) is 27.7 Å². The van der Waals surface area contributed by atoms with E-state index in [1.54, 1.807) is 39.8 Å². The fraction of sp³-hybridized carbons (Fsp3) is 0.684. The summed E-state index contributed by atoms with van der Waals surface area (Å²) < 4.78 is 50.3. The van der Waals surface area contributed by atoms with Crippen molar-refractivity contribution in [3.63, 3.8) is 0 Å². The van der Waals surface area contributed by atoms with Gasteiger partial charge in [-0.15, -0.1) is 0 Å². The number of halogens is 1. The Bertz CT molecular complexity index is 1070. The van der Waals surface area contributed by atoms with Crippen LogP contribution in [0, 0.1) is 0 Å². The maximum absolute atomic E-state index is 14.0. The first kappa shape index (κ1) is 26.2. The number of esters is 1. The van der Waals surface area contributed by atoms with E-state index < -0.39 is 44.9 Å². The molecule has 0 amide bonds. The Morgan fingerprint density at radius 1 is 1.41 bits per heavy atom. The van der Waals surface area contributed by atoms with Crippen molar-refractivity contribution in [2.24, 2.45) is 0 Å². The van der Waals surface area contributed by atoms with Gasteiger partial charge in [-0.25, -0.2) is 19.0 Å². The van der Waals surface area contributed by atoms with E-state index in [0.717, 1.165) is 0 Å². The van der Waals surface area contributed by atoms with Gasteiger partial charge in [0, 0.05) is 14.1 Å². The molecule has 0 aromatic carbocycles. The second kappa shape index (κ2) is 10.5. The summed E-state index contributed by atoms with van der Waals surface area (Å²) in [6, 6.07) is -0.926. The molecule has 3 N–H and O–H groups in total. The SMILES string of the molecule is CC(C)OC(=O)[C@H](C)N[P@]1(=O)OC[C@@H](O[C@H](CF)n2cnc3c(N(C)C)nc(N)nc32)[C@H](C)O1. The number of carbonyl (C=O) groups is 1. The summed E-state index contributed by atoms with van der Waals surface area (Å²) >= 11 is 0. The Balaban J connectivity index is 1.72. The molecule has 3 heterocycles. The smallest absolute Gasteiger partial charge is 0.406 e. The molecule has 34 heavy (non-hydrogen) atoms. The number of nitrogen functional groups attached to an aromatic ring is 1. The van der Waals surface area contributed by atoms with E-state index in [2.05, 4.69) is 20.0 Å². The summed E-state index contributed by atoms with van der Waals surface area (Å²) in [4.78, 5) is 26.4. The van der Waals surface area contributed by atoms with Crippen LogP contribution in [-0.2, 0) is 27.9 Å². The standard InChI is InChI=1S/C19H31FN7O6P/c1-10(2)31-18(28)11(3)25-34(29)30-8-13(12(4)33-34)32-14(7-20)27-9-22-15-16(26(5)6)23-19(21)24-17(15)27/h9-14H,7-8H2,1-6H3,(H,25,29)(H2,21,23,24)/t11-,12-,13+,14+,34-/m0/s1. The van der Waals surface area contributed by atoms with Crippen LogP contribution in [0.3, 0.4) is 0 Å². The third-order valence-corrected chi connectivity index (χ3v) is 6.72. The first-order valence-corrected chi connectivity index (χ1v) is 12.3. The lowest BCUT2D eigenvalue weighted by atomic mass is 10.2. The number of imidazole rings is 1. The number of rotatable bonds is 9. The highest BCUT2D eigenvalue weighted by Crippen LogP contribution is 2.49. The fourth-order valence-electron chi connectivity index (χ4n) is 3.28. The van der Waals surface area contributed by atoms with Gasteiger partial charge in [0.25, 0.3) is 0 Å². The molecule has 1 aliphatic heterocycles. The summed E-state index contributed by atoms with van der Waals surface area (Å²) in [7, 11) is -0.271. The molecular formula is C19H31FN7O6P. The minimum absolute atomic E-state index is 0.00499. The van der Waals surface area contributed by atoms with E-state index in [9.17, 15) is 13.8 Å². The molecule has 1 fully saturated rings. The van der Waals surface area contributed by atoms with Crippen molar-refractivity contribution in [2.45, 2.75) is 58.3 Å². The lowest BCUT2D eigenvalue weighted by molar-refractivity contribution is -0.150. The predicted molar refractivity (Wildman–Crippen MR) is 122 cm³/mol. The Labute approximate surface area is 196 Å². The number of aromatic nitrogens is 4. The maximum Gasteiger partial charge on any atom is 0.406 e. The number of carbonyl (C=O) groups excluding carboxylic acids is 1. The van der Waals surface area contributed by atoms with Crippen LogP contribution in [-0.4, -0.2) is 77.2 Å². The Kier molecular flexibility index (Phi) is 8.09. The van der Waals surface area contributed by atoms with Crippen LogP contribution in [0.5, 0.6) is 0 Å². The molecule has 5 atom stereocenters. The molecule has 15 heteroatoms. The topological polar surface area (TPSA) is 156 Å². The molecule has 3 rings (SSSR count). The van der Waals surface area contributed by atoms with Gasteiger partial charge in [-0.2, -0.15) is 9.97 Å². The lowest BCUT2D eigenvalue weighted by Crippen LogP contribution is -2.43. The zero-order chi connectivity index (χ0) is 25.2. The van der Waals surface area contributed by atoms with Crippen LogP contribution in [0.2, 0.25) is 0 Å². The molecule has 13 nitrogen and oxygen atoms in total. The first-order valence-electron chi connectivity index (χ1n) is 10.7. The van der Waals surface area contributed by atoms with Gasteiger partial charge in [0.15, 0.2) is 23.2 Å². The zero-order valence-corrected chi connectivity index (χ0v) is 20.9. The van der Waals surface area contributed by atoms with Gasteiger partial charge in [-0.3, -0.25) is 18.4 Å². The zero-order valence-electron chi connectivity index (χ0n) is 20.0. The maximum atomic E-state index is 14.0. The third kappa shape index (κ3) is 5.81. The molecule has 1 aliphatic rings. The van der Waals surface area contributed by atoms with E-state index in [4.69, 9.17) is 24.3 Å². The van der Waals surface area contributed by atoms with Crippen LogP contribution < -0.4 is 15.7 Å². The predicted octanol–water partition coefficient (Wildman–Crippen LogP) is 1.80. The van der Waals surface area contributed by atoms with Crippen LogP contribution in [0.15, 0.2) is 6.33 Å². The number of nitrogens with one attached hydrogen (secondary N) is 1. The van der Waals surface area contributed by atoms with Crippen molar-refractivity contribution in [1.82, 2.24) is 24.6 Å². The van der Waals surface area contributed by atoms with Crippen molar-refractivity contribution < 1.29 is 32.3 Å². The fourth-order valence-corrected chi connectivity index (χ4v) is 4.98. The number of ether oxygens (including phenoxy) is 2. The van der Waals surface area contributed by atoms with Gasteiger partial charge >= 0.3 is 13.7 Å². The van der Waals surface area contributed by atoms with Crippen LogP contribution in [0.1, 0.15) is 33.9 Å². The van der Waals surface area contributed by atoms with E-state index in [1.807, 2.05) is 0 Å². The van der Waals surface area contributed by atoms with Gasteiger partial charge in [0.05, 0.1) is 25.1 Å². The van der Waals surface area contributed by atoms with Gasteiger partial charge in [0.2, 0.25) is 5.95 Å². The number of alkyl halides is 1. The minimum Gasteiger partial charge on any atom is -0.462 e. The largest absolute Gasteiger partial charge is 0.462 e. The molecule has 2 aromatic heterocycles. The Hall–Kier alpha value is -2.38. The highest BCUT2D eigenvalue weighted by molar-refractivity contribution is 7.51. The molecule has 0 radical (unpaired) electrons. The number of anilines is 2. The number of nitrogens with zero attached hydrogens (tertiary/aromatic N) is 5. The van der Waals surface area contributed by atoms with Crippen molar-refractivity contribution in [3.05, 3.63) is 6.33 Å². The molecule has 190 valence electrons. The molecule has 0 saturated carbocycles. The van der Waals surface area contributed by atoms with Gasteiger partial charge in [-0.1, -0.05) is 0 Å². The van der Waals surface area contributed by atoms with E-state index in [-0.39, 0.29) is 18.7 Å². The monoisotopic (exact) mass is 503 g/mol. The molecule has 0 spiro atoms. The lowest BCUT2D eigenvalue weighted by Gasteiger charge is -2.36. The van der Waals surface area contributed by atoms with Crippen LogP contribution >= 0.6 is 7.75 Å². The van der Waals surface area contributed by atoms with Crippen molar-refractivity contribution in [1.29, 1.82) is 0 Å². The molecule has 0 unspecified atom stereocenters. The number of fused-ring (bicyclic) bond motifs is 1. The second-order valence-corrected chi connectivity index (χ2v) is 10.1. The second-order valence-electron chi connectivity index (χ2n) is 8.35. The van der Waals surface area contributed by atoms with Crippen molar-refractivity contribution in [2.75, 3.05) is 38.0 Å².